The molecule has 0 radical (unpaired) electrons. The number of hydrogen-bond donors (Lipinski definition) is 2. The van der Waals surface area contributed by atoms with E-state index in [2.05, 4.69) is 15.2 Å². The van der Waals surface area contributed by atoms with Gasteiger partial charge in [-0.2, -0.15) is 5.10 Å². The Kier molecular flexibility index (Phi) is 3.99. The lowest BCUT2D eigenvalue weighted by Gasteiger charge is -1.98. The van der Waals surface area contributed by atoms with Crippen LogP contribution in [0, 0.1) is 0 Å². The summed E-state index contributed by atoms with van der Waals surface area (Å²) in [5, 5.41) is 8.03. The summed E-state index contributed by atoms with van der Waals surface area (Å²) in [5.41, 5.74) is 6.28. The fourth-order valence-electron chi connectivity index (χ4n) is 1.44. The zero-order valence-corrected chi connectivity index (χ0v) is 10.6. The highest BCUT2D eigenvalue weighted by atomic mass is 35.5. The standard InChI is InChI=1S/C11H12Cl2N4/c12-8-4-3-7(6-9(8)13)11-15-10(16-17-11)2-1-5-14/h3-4,6H,1-2,5,14H2,(H,15,16,17). The number of hydrogen-bond acceptors (Lipinski definition) is 3. The zero-order valence-electron chi connectivity index (χ0n) is 9.08. The summed E-state index contributed by atoms with van der Waals surface area (Å²) in [4.78, 5) is 4.36. The minimum Gasteiger partial charge on any atom is -0.330 e. The maximum Gasteiger partial charge on any atom is 0.181 e. The molecular weight excluding hydrogens is 259 g/mol. The molecule has 0 amide bonds. The van der Waals surface area contributed by atoms with Gasteiger partial charge in [0.15, 0.2) is 5.82 Å². The fraction of sp³-hybridized carbons (Fsp3) is 0.273. The van der Waals surface area contributed by atoms with Gasteiger partial charge in [0, 0.05) is 12.0 Å². The van der Waals surface area contributed by atoms with Crippen LogP contribution in [-0.4, -0.2) is 21.7 Å². The van der Waals surface area contributed by atoms with Gasteiger partial charge >= 0.3 is 0 Å². The van der Waals surface area contributed by atoms with E-state index in [1.54, 1.807) is 12.1 Å². The van der Waals surface area contributed by atoms with Gasteiger partial charge in [0.05, 0.1) is 10.0 Å². The highest BCUT2D eigenvalue weighted by Gasteiger charge is 2.07. The van der Waals surface area contributed by atoms with Gasteiger partial charge in [-0.1, -0.05) is 23.2 Å². The van der Waals surface area contributed by atoms with Crippen molar-refractivity contribution in [2.75, 3.05) is 6.54 Å². The molecule has 0 saturated heterocycles. The number of halogens is 2. The van der Waals surface area contributed by atoms with Crippen LogP contribution in [-0.2, 0) is 6.42 Å². The first kappa shape index (κ1) is 12.4. The molecule has 1 aromatic carbocycles. The molecule has 0 spiro atoms. The Morgan fingerprint density at radius 2 is 2.06 bits per heavy atom. The van der Waals surface area contributed by atoms with Crippen LogP contribution >= 0.6 is 23.2 Å². The van der Waals surface area contributed by atoms with E-state index in [-0.39, 0.29) is 0 Å². The van der Waals surface area contributed by atoms with Crippen LogP contribution in [0.3, 0.4) is 0 Å². The third-order valence-corrected chi connectivity index (χ3v) is 3.07. The second kappa shape index (κ2) is 5.49. The lowest BCUT2D eigenvalue weighted by atomic mass is 10.2. The summed E-state index contributed by atoms with van der Waals surface area (Å²) in [6.07, 6.45) is 1.68. The third kappa shape index (κ3) is 2.97. The SMILES string of the molecule is NCCCc1nc(-c2ccc(Cl)c(Cl)c2)n[nH]1. The van der Waals surface area contributed by atoms with E-state index < -0.39 is 0 Å². The molecule has 2 aromatic rings. The van der Waals surface area contributed by atoms with Crippen molar-refractivity contribution >= 4 is 23.2 Å². The molecule has 0 saturated carbocycles. The van der Waals surface area contributed by atoms with Crippen LogP contribution < -0.4 is 5.73 Å². The van der Waals surface area contributed by atoms with Crippen molar-refractivity contribution in [3.05, 3.63) is 34.1 Å². The second-order valence-electron chi connectivity index (χ2n) is 3.63. The van der Waals surface area contributed by atoms with Crippen molar-refractivity contribution in [3.8, 4) is 11.4 Å². The number of nitrogens with one attached hydrogen (secondary N) is 1. The van der Waals surface area contributed by atoms with Crippen LogP contribution in [0.25, 0.3) is 11.4 Å². The first-order chi connectivity index (χ1) is 8.20. The van der Waals surface area contributed by atoms with Gasteiger partial charge in [-0.05, 0) is 31.2 Å². The monoisotopic (exact) mass is 270 g/mol. The maximum atomic E-state index is 5.94. The van der Waals surface area contributed by atoms with Crippen molar-refractivity contribution in [2.45, 2.75) is 12.8 Å². The van der Waals surface area contributed by atoms with Gasteiger partial charge in [0.25, 0.3) is 0 Å². The molecule has 0 aliphatic heterocycles. The first-order valence-corrected chi connectivity index (χ1v) is 6.03. The minimum absolute atomic E-state index is 0.498. The quantitative estimate of drug-likeness (QED) is 0.898. The largest absolute Gasteiger partial charge is 0.330 e. The second-order valence-corrected chi connectivity index (χ2v) is 4.44. The summed E-state index contributed by atoms with van der Waals surface area (Å²) in [6.45, 7) is 0.642. The highest BCUT2D eigenvalue weighted by Crippen LogP contribution is 2.26. The number of aromatic nitrogens is 3. The van der Waals surface area contributed by atoms with Crippen molar-refractivity contribution < 1.29 is 0 Å². The molecule has 0 bridgehead atoms. The van der Waals surface area contributed by atoms with Gasteiger partial charge in [0.1, 0.15) is 5.82 Å². The van der Waals surface area contributed by atoms with Crippen LogP contribution in [0.1, 0.15) is 12.2 Å². The van der Waals surface area contributed by atoms with Crippen molar-refractivity contribution in [3.63, 3.8) is 0 Å². The maximum absolute atomic E-state index is 5.94. The molecular formula is C11H12Cl2N4. The average molecular weight is 271 g/mol. The molecule has 1 aromatic heterocycles. The van der Waals surface area contributed by atoms with E-state index in [0.717, 1.165) is 24.2 Å². The van der Waals surface area contributed by atoms with Crippen LogP contribution in [0.5, 0.6) is 0 Å². The van der Waals surface area contributed by atoms with Crippen LogP contribution in [0.2, 0.25) is 10.0 Å². The van der Waals surface area contributed by atoms with Gasteiger partial charge in [-0.15, -0.1) is 0 Å². The number of aryl methyl sites for hydroxylation is 1. The molecule has 1 heterocycles. The Labute approximate surface area is 109 Å². The lowest BCUT2D eigenvalue weighted by Crippen LogP contribution is -2.01. The fourth-order valence-corrected chi connectivity index (χ4v) is 1.74. The van der Waals surface area contributed by atoms with Crippen LogP contribution in [0.15, 0.2) is 18.2 Å². The molecule has 0 aliphatic rings. The van der Waals surface area contributed by atoms with E-state index in [9.17, 15) is 0 Å². The predicted molar refractivity (Wildman–Crippen MR) is 69.2 cm³/mol. The number of nitrogens with two attached hydrogens (primary N) is 1. The molecule has 3 N–H and O–H groups in total. The number of rotatable bonds is 4. The number of benzene rings is 1. The normalized spacial score (nSPS) is 10.8. The number of H-pyrrole nitrogens is 1. The van der Waals surface area contributed by atoms with Gasteiger partial charge in [-0.25, -0.2) is 4.98 Å². The molecule has 6 heteroatoms. The Hall–Kier alpha value is -1.10. The predicted octanol–water partition coefficient (Wildman–Crippen LogP) is 2.67. The number of nitrogens with zero attached hydrogens (tertiary/aromatic N) is 2. The summed E-state index contributed by atoms with van der Waals surface area (Å²) >= 11 is 11.8. The van der Waals surface area contributed by atoms with Gasteiger partial charge in [-0.3, -0.25) is 5.10 Å². The van der Waals surface area contributed by atoms with Crippen molar-refractivity contribution in [2.24, 2.45) is 5.73 Å². The van der Waals surface area contributed by atoms with E-state index in [0.29, 0.717) is 22.4 Å². The molecule has 90 valence electrons. The summed E-state index contributed by atoms with van der Waals surface area (Å²) in [7, 11) is 0. The lowest BCUT2D eigenvalue weighted by molar-refractivity contribution is 0.785. The molecule has 0 aliphatic carbocycles. The number of aromatic amines is 1. The third-order valence-electron chi connectivity index (χ3n) is 2.33. The zero-order chi connectivity index (χ0) is 12.3. The summed E-state index contributed by atoms with van der Waals surface area (Å²) < 4.78 is 0. The molecule has 0 fully saturated rings. The van der Waals surface area contributed by atoms with E-state index >= 15 is 0 Å². The van der Waals surface area contributed by atoms with E-state index in [4.69, 9.17) is 28.9 Å². The summed E-state index contributed by atoms with van der Waals surface area (Å²) in [5.74, 6) is 1.45. The molecule has 2 rings (SSSR count). The molecule has 17 heavy (non-hydrogen) atoms. The Bertz CT molecular complexity index is 510. The minimum atomic E-state index is 0.498. The first-order valence-electron chi connectivity index (χ1n) is 5.27. The Balaban J connectivity index is 2.21. The molecule has 4 nitrogen and oxygen atoms in total. The van der Waals surface area contributed by atoms with Crippen molar-refractivity contribution in [1.29, 1.82) is 0 Å². The highest BCUT2D eigenvalue weighted by molar-refractivity contribution is 6.42. The Morgan fingerprint density at radius 3 is 2.76 bits per heavy atom. The van der Waals surface area contributed by atoms with E-state index in [1.165, 1.54) is 0 Å². The topological polar surface area (TPSA) is 67.6 Å². The van der Waals surface area contributed by atoms with Crippen LogP contribution in [0.4, 0.5) is 0 Å². The Morgan fingerprint density at radius 1 is 1.24 bits per heavy atom. The van der Waals surface area contributed by atoms with E-state index in [1.807, 2.05) is 6.07 Å². The molecule has 0 atom stereocenters. The summed E-state index contributed by atoms with van der Waals surface area (Å²) in [6, 6.07) is 5.32. The van der Waals surface area contributed by atoms with Crippen molar-refractivity contribution in [1.82, 2.24) is 15.2 Å². The average Bonchev–Trinajstić information content (AvgIpc) is 2.79. The smallest absolute Gasteiger partial charge is 0.181 e. The van der Waals surface area contributed by atoms with Gasteiger partial charge < -0.3 is 5.73 Å². The van der Waals surface area contributed by atoms with Gasteiger partial charge in [0.2, 0.25) is 0 Å². The molecule has 0 unspecified atom stereocenters.